The fraction of sp³-hybridized carbons (Fsp3) is 0.214. The highest BCUT2D eigenvalue weighted by Crippen LogP contribution is 2.24. The zero-order valence-electron chi connectivity index (χ0n) is 11.3. The van der Waals surface area contributed by atoms with Gasteiger partial charge in [0.15, 0.2) is 5.82 Å². The molecule has 19 heavy (non-hydrogen) atoms. The summed E-state index contributed by atoms with van der Waals surface area (Å²) in [5.41, 5.74) is 8.89. The molecule has 5 nitrogen and oxygen atoms in total. The molecule has 0 saturated heterocycles. The molecule has 0 atom stereocenters. The Morgan fingerprint density at radius 1 is 1.21 bits per heavy atom. The van der Waals surface area contributed by atoms with E-state index in [1.807, 2.05) is 50.1 Å². The van der Waals surface area contributed by atoms with E-state index in [9.17, 15) is 0 Å². The molecule has 0 aliphatic carbocycles. The number of nitrogens with two attached hydrogens (primary N) is 1. The van der Waals surface area contributed by atoms with Crippen molar-refractivity contribution in [1.82, 2.24) is 9.97 Å². The zero-order chi connectivity index (χ0) is 14.0. The van der Waals surface area contributed by atoms with Crippen LogP contribution in [0.2, 0.25) is 0 Å². The van der Waals surface area contributed by atoms with E-state index in [1.54, 1.807) is 6.20 Å². The van der Waals surface area contributed by atoms with Gasteiger partial charge in [0.25, 0.3) is 0 Å². The van der Waals surface area contributed by atoms with Gasteiger partial charge in [-0.1, -0.05) is 0 Å². The van der Waals surface area contributed by atoms with E-state index in [1.165, 1.54) is 0 Å². The lowest BCUT2D eigenvalue weighted by atomic mass is 10.2. The minimum absolute atomic E-state index is 0.0701. The van der Waals surface area contributed by atoms with Gasteiger partial charge in [0, 0.05) is 24.5 Å². The summed E-state index contributed by atoms with van der Waals surface area (Å²) in [5.74, 6) is 0.899. The third-order valence-corrected chi connectivity index (χ3v) is 2.93. The van der Waals surface area contributed by atoms with Gasteiger partial charge in [0.05, 0.1) is 11.4 Å². The van der Waals surface area contributed by atoms with Gasteiger partial charge in [0.1, 0.15) is 5.84 Å². The van der Waals surface area contributed by atoms with Crippen LogP contribution in [0.1, 0.15) is 17.0 Å². The average Bonchev–Trinajstić information content (AvgIpc) is 2.41. The van der Waals surface area contributed by atoms with Gasteiger partial charge < -0.3 is 10.6 Å². The molecule has 0 spiro atoms. The quantitative estimate of drug-likeness (QED) is 0.650. The minimum Gasteiger partial charge on any atom is -0.384 e. The number of nitrogens with zero attached hydrogens (tertiary/aromatic N) is 3. The second-order valence-electron chi connectivity index (χ2n) is 4.44. The van der Waals surface area contributed by atoms with E-state index in [-0.39, 0.29) is 5.84 Å². The lowest BCUT2D eigenvalue weighted by molar-refractivity contribution is 1.01. The molecule has 0 saturated carbocycles. The van der Waals surface area contributed by atoms with Gasteiger partial charge in [-0.25, -0.2) is 4.98 Å². The number of nitrogen functional groups attached to an aromatic ring is 1. The lowest BCUT2D eigenvalue weighted by Gasteiger charge is -2.20. The van der Waals surface area contributed by atoms with Crippen LogP contribution in [-0.2, 0) is 0 Å². The molecule has 0 bridgehead atoms. The Balaban J connectivity index is 2.35. The van der Waals surface area contributed by atoms with Gasteiger partial charge >= 0.3 is 0 Å². The number of aryl methyl sites for hydroxylation is 2. The van der Waals surface area contributed by atoms with Gasteiger partial charge in [-0.2, -0.15) is 0 Å². The molecule has 98 valence electrons. The maximum atomic E-state index is 7.38. The van der Waals surface area contributed by atoms with Crippen LogP contribution >= 0.6 is 0 Å². The number of benzene rings is 1. The second kappa shape index (κ2) is 5.06. The number of aromatic nitrogens is 2. The highest BCUT2D eigenvalue weighted by Gasteiger charge is 2.10. The van der Waals surface area contributed by atoms with Gasteiger partial charge in [0.2, 0.25) is 0 Å². The smallest absolute Gasteiger partial charge is 0.154 e. The Labute approximate surface area is 112 Å². The maximum Gasteiger partial charge on any atom is 0.154 e. The SMILES string of the molecule is Cc1cnc(C)c(N(C)c2ccc(C(=N)N)cc2)n1. The number of nitrogens with one attached hydrogen (secondary N) is 1. The summed E-state index contributed by atoms with van der Waals surface area (Å²) in [4.78, 5) is 10.8. The summed E-state index contributed by atoms with van der Waals surface area (Å²) in [6.45, 7) is 3.85. The normalized spacial score (nSPS) is 10.3. The first kappa shape index (κ1) is 13.0. The zero-order valence-corrected chi connectivity index (χ0v) is 11.3. The van der Waals surface area contributed by atoms with Crippen molar-refractivity contribution in [3.63, 3.8) is 0 Å². The van der Waals surface area contributed by atoms with Crippen molar-refractivity contribution in [2.24, 2.45) is 5.73 Å². The van der Waals surface area contributed by atoms with Crippen LogP contribution in [0.3, 0.4) is 0 Å². The molecule has 0 radical (unpaired) electrons. The van der Waals surface area contributed by atoms with E-state index in [0.29, 0.717) is 5.56 Å². The van der Waals surface area contributed by atoms with Gasteiger partial charge in [-0.3, -0.25) is 10.4 Å². The van der Waals surface area contributed by atoms with Crippen LogP contribution in [0, 0.1) is 19.3 Å². The molecular weight excluding hydrogens is 238 g/mol. The summed E-state index contributed by atoms with van der Waals surface area (Å²) < 4.78 is 0. The number of hydrogen-bond donors (Lipinski definition) is 2. The van der Waals surface area contributed by atoms with Crippen molar-refractivity contribution < 1.29 is 0 Å². The highest BCUT2D eigenvalue weighted by molar-refractivity contribution is 5.95. The molecule has 2 rings (SSSR count). The average molecular weight is 255 g/mol. The standard InChI is InChI=1S/C14H17N5/c1-9-8-17-10(2)14(18-9)19(3)12-6-4-11(5-7-12)13(15)16/h4-8H,1-3H3,(H3,15,16). The summed E-state index contributed by atoms with van der Waals surface area (Å²) in [6, 6.07) is 7.49. The third-order valence-electron chi connectivity index (χ3n) is 2.93. The molecule has 3 N–H and O–H groups in total. The Morgan fingerprint density at radius 3 is 2.42 bits per heavy atom. The van der Waals surface area contributed by atoms with Crippen LogP contribution in [0.25, 0.3) is 0 Å². The molecule has 1 aromatic carbocycles. The second-order valence-corrected chi connectivity index (χ2v) is 4.44. The van der Waals surface area contributed by atoms with E-state index >= 15 is 0 Å². The van der Waals surface area contributed by atoms with Crippen molar-refractivity contribution in [2.45, 2.75) is 13.8 Å². The molecular formula is C14H17N5. The van der Waals surface area contributed by atoms with E-state index in [0.717, 1.165) is 22.9 Å². The van der Waals surface area contributed by atoms with Crippen LogP contribution < -0.4 is 10.6 Å². The maximum absolute atomic E-state index is 7.38. The topological polar surface area (TPSA) is 78.9 Å². The van der Waals surface area contributed by atoms with E-state index < -0.39 is 0 Å². The molecule has 0 aliphatic rings. The largest absolute Gasteiger partial charge is 0.384 e. The minimum atomic E-state index is 0.0701. The molecule has 1 aromatic heterocycles. The summed E-state index contributed by atoms with van der Waals surface area (Å²) >= 11 is 0. The van der Waals surface area contributed by atoms with Gasteiger partial charge in [-0.05, 0) is 38.1 Å². The first-order chi connectivity index (χ1) is 8.99. The number of rotatable bonds is 3. The van der Waals surface area contributed by atoms with Crippen molar-refractivity contribution in [1.29, 1.82) is 5.41 Å². The van der Waals surface area contributed by atoms with Crippen LogP contribution in [0.5, 0.6) is 0 Å². The monoisotopic (exact) mass is 255 g/mol. The summed E-state index contributed by atoms with van der Waals surface area (Å²) in [7, 11) is 1.94. The number of hydrogen-bond acceptors (Lipinski definition) is 4. The molecule has 0 amide bonds. The van der Waals surface area contributed by atoms with Crippen LogP contribution in [-0.4, -0.2) is 22.9 Å². The van der Waals surface area contributed by atoms with Crippen molar-refractivity contribution in [3.8, 4) is 0 Å². The molecule has 0 aliphatic heterocycles. The Kier molecular flexibility index (Phi) is 3.46. The Hall–Kier alpha value is -2.43. The summed E-state index contributed by atoms with van der Waals surface area (Å²) in [6.07, 6.45) is 1.76. The molecule has 0 fully saturated rings. The molecule has 1 heterocycles. The fourth-order valence-corrected chi connectivity index (χ4v) is 1.83. The van der Waals surface area contributed by atoms with Gasteiger partial charge in [-0.15, -0.1) is 0 Å². The van der Waals surface area contributed by atoms with Crippen LogP contribution in [0.15, 0.2) is 30.5 Å². The molecule has 0 unspecified atom stereocenters. The molecule has 5 heteroatoms. The van der Waals surface area contributed by atoms with Crippen LogP contribution in [0.4, 0.5) is 11.5 Å². The number of anilines is 2. The van der Waals surface area contributed by atoms with E-state index in [2.05, 4.69) is 9.97 Å². The predicted molar refractivity (Wildman–Crippen MR) is 77.0 cm³/mol. The first-order valence-electron chi connectivity index (χ1n) is 5.97. The predicted octanol–water partition coefficient (Wildman–Crippen LogP) is 2.15. The van der Waals surface area contributed by atoms with Crippen molar-refractivity contribution in [3.05, 3.63) is 47.4 Å². The first-order valence-corrected chi connectivity index (χ1v) is 5.97. The third kappa shape index (κ3) is 2.70. The highest BCUT2D eigenvalue weighted by atomic mass is 15.2. The molecule has 2 aromatic rings. The van der Waals surface area contributed by atoms with E-state index in [4.69, 9.17) is 11.1 Å². The Morgan fingerprint density at radius 2 is 1.84 bits per heavy atom. The Bertz CT molecular complexity index is 604. The fourth-order valence-electron chi connectivity index (χ4n) is 1.83. The van der Waals surface area contributed by atoms with Crippen molar-refractivity contribution in [2.75, 3.05) is 11.9 Å². The lowest BCUT2D eigenvalue weighted by Crippen LogP contribution is -2.15. The van der Waals surface area contributed by atoms with Crippen molar-refractivity contribution >= 4 is 17.3 Å². The summed E-state index contributed by atoms with van der Waals surface area (Å²) in [5, 5.41) is 7.38. The number of amidine groups is 1.